The molecule has 1 aromatic rings. The summed E-state index contributed by atoms with van der Waals surface area (Å²) in [5.41, 5.74) is 1.20. The first-order chi connectivity index (χ1) is 13.7. The van der Waals surface area contributed by atoms with Crippen LogP contribution in [0.2, 0.25) is 0 Å². The lowest BCUT2D eigenvalue weighted by atomic mass is 10.1. The molecule has 29 heavy (non-hydrogen) atoms. The Kier molecular flexibility index (Phi) is 5.71. The van der Waals surface area contributed by atoms with Crippen molar-refractivity contribution in [3.63, 3.8) is 0 Å². The normalized spacial score (nSPS) is 18.6. The summed E-state index contributed by atoms with van der Waals surface area (Å²) in [4.78, 5) is 26.8. The molecule has 2 amide bonds. The van der Waals surface area contributed by atoms with Gasteiger partial charge in [-0.3, -0.25) is 9.59 Å². The fourth-order valence-corrected chi connectivity index (χ4v) is 2.86. The van der Waals surface area contributed by atoms with Gasteiger partial charge in [0.2, 0.25) is 0 Å². The molecule has 1 atom stereocenters. The summed E-state index contributed by atoms with van der Waals surface area (Å²) >= 11 is 0. The minimum Gasteiger partial charge on any atom is -0.489 e. The molecule has 0 radical (unpaired) electrons. The number of ether oxygens (including phenoxy) is 1. The van der Waals surface area contributed by atoms with Crippen LogP contribution in [0.1, 0.15) is 39.2 Å². The molecule has 0 spiro atoms. The number of hydrogen-bond acceptors (Lipinski definition) is 6. The van der Waals surface area contributed by atoms with Gasteiger partial charge in [-0.2, -0.15) is 5.10 Å². The Morgan fingerprint density at radius 1 is 1.41 bits per heavy atom. The van der Waals surface area contributed by atoms with Crippen molar-refractivity contribution in [2.24, 2.45) is 10.2 Å². The predicted octanol–water partition coefficient (Wildman–Crippen LogP) is 1.26. The van der Waals surface area contributed by atoms with E-state index in [-0.39, 0.29) is 12.5 Å². The maximum atomic E-state index is 12.9. The summed E-state index contributed by atoms with van der Waals surface area (Å²) in [6.45, 7) is 5.15. The molecule has 8 heteroatoms. The van der Waals surface area contributed by atoms with Crippen LogP contribution in [0, 0.1) is 11.8 Å². The van der Waals surface area contributed by atoms with E-state index in [1.807, 2.05) is 6.92 Å². The zero-order valence-corrected chi connectivity index (χ0v) is 16.9. The van der Waals surface area contributed by atoms with Gasteiger partial charge < -0.3 is 20.1 Å². The fraction of sp³-hybridized carbons (Fsp3) is 0.429. The number of carbonyl (C=O) groups is 2. The van der Waals surface area contributed by atoms with Crippen LogP contribution in [0.15, 0.2) is 28.4 Å². The van der Waals surface area contributed by atoms with Gasteiger partial charge in [0.05, 0.1) is 5.69 Å². The van der Waals surface area contributed by atoms with E-state index in [2.05, 4.69) is 27.4 Å². The van der Waals surface area contributed by atoms with E-state index < -0.39 is 17.6 Å². The third kappa shape index (κ3) is 4.81. The third-order valence-corrected chi connectivity index (χ3v) is 4.53. The number of benzene rings is 1. The van der Waals surface area contributed by atoms with Crippen molar-refractivity contribution in [1.82, 2.24) is 5.32 Å². The summed E-state index contributed by atoms with van der Waals surface area (Å²) in [7, 11) is 1.62. The second-order valence-electron chi connectivity index (χ2n) is 7.47. The average Bonchev–Trinajstić information content (AvgIpc) is 3.13. The summed E-state index contributed by atoms with van der Waals surface area (Å²) in [6.07, 6.45) is 1.12. The molecule has 2 N–H and O–H groups in total. The molecule has 0 aromatic heterocycles. The van der Waals surface area contributed by atoms with Gasteiger partial charge in [-0.15, -0.1) is 5.10 Å². The van der Waals surface area contributed by atoms with Crippen molar-refractivity contribution in [2.75, 3.05) is 18.6 Å². The van der Waals surface area contributed by atoms with Gasteiger partial charge in [-0.25, -0.2) is 0 Å². The van der Waals surface area contributed by atoms with Crippen LogP contribution >= 0.6 is 0 Å². The molecule has 2 aliphatic heterocycles. The molecule has 152 valence electrons. The molecule has 2 aliphatic rings. The van der Waals surface area contributed by atoms with Crippen LogP contribution in [0.4, 0.5) is 5.69 Å². The number of likely N-dealkylation sites (N-methyl/N-ethyl adjacent to an activating group) is 1. The molecular formula is C21H24N4O4. The first kappa shape index (κ1) is 20.6. The number of anilines is 1. The predicted molar refractivity (Wildman–Crippen MR) is 110 cm³/mol. The Balaban J connectivity index is 1.75. The number of fused-ring (bicyclic) bond motifs is 1. The van der Waals surface area contributed by atoms with Gasteiger partial charge in [0.15, 0.2) is 0 Å². The van der Waals surface area contributed by atoms with Gasteiger partial charge in [-0.1, -0.05) is 18.8 Å². The Morgan fingerprint density at radius 3 is 2.83 bits per heavy atom. The van der Waals surface area contributed by atoms with E-state index >= 15 is 0 Å². The minimum absolute atomic E-state index is 0.00534. The second kappa shape index (κ2) is 8.05. The van der Waals surface area contributed by atoms with Crippen molar-refractivity contribution in [1.29, 1.82) is 0 Å². The lowest BCUT2D eigenvalue weighted by Gasteiger charge is -2.20. The van der Waals surface area contributed by atoms with Gasteiger partial charge >= 0.3 is 0 Å². The van der Waals surface area contributed by atoms with Gasteiger partial charge in [0.1, 0.15) is 29.7 Å². The van der Waals surface area contributed by atoms with Gasteiger partial charge in [0, 0.05) is 24.7 Å². The number of hydrogen-bond donors (Lipinski definition) is 2. The number of rotatable bonds is 3. The number of carbonyl (C=O) groups excluding carboxylic acids is 2. The molecule has 0 saturated carbocycles. The molecule has 0 aliphatic carbocycles. The molecule has 3 rings (SSSR count). The third-order valence-electron chi connectivity index (χ3n) is 4.53. The molecule has 2 heterocycles. The minimum atomic E-state index is -1.12. The molecule has 8 nitrogen and oxygen atoms in total. The second-order valence-corrected chi connectivity index (χ2v) is 7.47. The summed E-state index contributed by atoms with van der Waals surface area (Å²) < 4.78 is 5.76. The number of nitrogens with one attached hydrogen (secondary N) is 1. The van der Waals surface area contributed by atoms with E-state index in [0.29, 0.717) is 29.1 Å². The Bertz CT molecular complexity index is 963. The van der Waals surface area contributed by atoms with Crippen molar-refractivity contribution in [3.05, 3.63) is 23.8 Å². The van der Waals surface area contributed by atoms with Crippen LogP contribution in [-0.2, 0) is 9.59 Å². The van der Waals surface area contributed by atoms with E-state index in [0.717, 1.165) is 12.1 Å². The summed E-state index contributed by atoms with van der Waals surface area (Å²) in [5.74, 6) is 5.42. The van der Waals surface area contributed by atoms with Gasteiger partial charge in [-0.05, 0) is 38.5 Å². The van der Waals surface area contributed by atoms with Crippen molar-refractivity contribution < 1.29 is 19.4 Å². The lowest BCUT2D eigenvalue weighted by Crippen LogP contribution is -2.51. The number of aliphatic hydroxyl groups is 1. The molecule has 0 bridgehead atoms. The summed E-state index contributed by atoms with van der Waals surface area (Å²) in [6, 6.07) is 4.35. The van der Waals surface area contributed by atoms with Crippen LogP contribution in [0.25, 0.3) is 0 Å². The first-order valence-electron chi connectivity index (χ1n) is 9.41. The van der Waals surface area contributed by atoms with Crippen molar-refractivity contribution in [3.8, 4) is 17.6 Å². The van der Waals surface area contributed by atoms with E-state index in [1.54, 1.807) is 39.1 Å². The zero-order chi connectivity index (χ0) is 21.2. The van der Waals surface area contributed by atoms with Gasteiger partial charge in [0.25, 0.3) is 11.8 Å². The van der Waals surface area contributed by atoms with Crippen LogP contribution in [-0.4, -0.2) is 53.6 Å². The maximum Gasteiger partial charge on any atom is 0.268 e. The maximum absolute atomic E-state index is 12.9. The SMILES string of the molecule is CCC1=NN=C(C(=O)N[C@H]2COc3ccc(C#CC(C)(C)O)cc3N(C)C2=O)C1. The highest BCUT2D eigenvalue weighted by molar-refractivity contribution is 6.43. The Hall–Kier alpha value is -3.18. The average molecular weight is 396 g/mol. The molecule has 1 aromatic carbocycles. The van der Waals surface area contributed by atoms with Crippen molar-refractivity contribution in [2.45, 2.75) is 45.3 Å². The number of amides is 2. The Morgan fingerprint density at radius 2 is 2.17 bits per heavy atom. The highest BCUT2D eigenvalue weighted by Crippen LogP contribution is 2.31. The molecule has 0 saturated heterocycles. The fourth-order valence-electron chi connectivity index (χ4n) is 2.86. The number of nitrogens with zero attached hydrogens (tertiary/aromatic N) is 3. The zero-order valence-electron chi connectivity index (χ0n) is 16.9. The van der Waals surface area contributed by atoms with Crippen LogP contribution in [0.5, 0.6) is 5.75 Å². The monoisotopic (exact) mass is 396 g/mol. The van der Waals surface area contributed by atoms with Crippen LogP contribution < -0.4 is 15.0 Å². The molecule has 0 unspecified atom stereocenters. The first-order valence-corrected chi connectivity index (χ1v) is 9.41. The smallest absolute Gasteiger partial charge is 0.268 e. The van der Waals surface area contributed by atoms with Crippen LogP contribution in [0.3, 0.4) is 0 Å². The topological polar surface area (TPSA) is 104 Å². The summed E-state index contributed by atoms with van der Waals surface area (Å²) in [5, 5.41) is 20.3. The highest BCUT2D eigenvalue weighted by atomic mass is 16.5. The molecule has 0 fully saturated rings. The Labute approximate surface area is 169 Å². The standard InChI is InChI=1S/C21H24N4O4/c1-5-14-11-15(24-23-14)19(26)22-16-12-29-18-7-6-13(8-9-21(2,3)28)10-17(18)25(4)20(16)27/h6-7,10,16,28H,5,11-12H2,1-4H3,(H,22,26)/t16-/m0/s1. The largest absolute Gasteiger partial charge is 0.489 e. The highest BCUT2D eigenvalue weighted by Gasteiger charge is 2.32. The molecular weight excluding hydrogens is 372 g/mol. The van der Waals surface area contributed by atoms with E-state index in [4.69, 9.17) is 4.74 Å². The van der Waals surface area contributed by atoms with E-state index in [9.17, 15) is 14.7 Å². The quantitative estimate of drug-likeness (QED) is 0.751. The lowest BCUT2D eigenvalue weighted by molar-refractivity contribution is -0.124. The van der Waals surface area contributed by atoms with E-state index in [1.165, 1.54) is 4.90 Å². The van der Waals surface area contributed by atoms with Crippen molar-refractivity contribution >= 4 is 28.9 Å².